The molecule has 1 aliphatic rings. The van der Waals surface area contributed by atoms with Crippen molar-refractivity contribution >= 4 is 17.6 Å². The first-order valence-electron chi connectivity index (χ1n) is 7.24. The summed E-state index contributed by atoms with van der Waals surface area (Å²) < 4.78 is 16.8. The number of rotatable bonds is 4. The molecule has 10 nitrogen and oxygen atoms in total. The van der Waals surface area contributed by atoms with Gasteiger partial charge in [-0.25, -0.2) is 14.3 Å². The fourth-order valence-electron chi connectivity index (χ4n) is 2.15. The fourth-order valence-corrected chi connectivity index (χ4v) is 2.15. The number of carbonyl (C=O) groups is 2. The van der Waals surface area contributed by atoms with Crippen LogP contribution in [0.1, 0.15) is 13.8 Å². The SMILES string of the molecule is COc1cc(-n2cnnn2)ccc1NC=C1C(=O)OC(C)(C)OC1=O. The second-order valence-corrected chi connectivity index (χ2v) is 5.52. The Bertz CT molecular complexity index is 822. The summed E-state index contributed by atoms with van der Waals surface area (Å²) in [6.45, 7) is 2.96. The number of esters is 2. The Balaban J connectivity index is 1.83. The monoisotopic (exact) mass is 345 g/mol. The van der Waals surface area contributed by atoms with E-state index >= 15 is 0 Å². The average molecular weight is 345 g/mol. The molecule has 0 amide bonds. The highest BCUT2D eigenvalue weighted by Crippen LogP contribution is 2.28. The van der Waals surface area contributed by atoms with Crippen molar-refractivity contribution in [1.82, 2.24) is 20.2 Å². The molecule has 1 N–H and O–H groups in total. The van der Waals surface area contributed by atoms with Gasteiger partial charge in [0, 0.05) is 26.1 Å². The quantitative estimate of drug-likeness (QED) is 0.488. The van der Waals surface area contributed by atoms with Crippen molar-refractivity contribution in [3.63, 3.8) is 0 Å². The van der Waals surface area contributed by atoms with Gasteiger partial charge in [-0.1, -0.05) is 0 Å². The van der Waals surface area contributed by atoms with Crippen molar-refractivity contribution in [2.45, 2.75) is 19.6 Å². The summed E-state index contributed by atoms with van der Waals surface area (Å²) in [6.07, 6.45) is 2.66. The van der Waals surface area contributed by atoms with Gasteiger partial charge in [-0.2, -0.15) is 0 Å². The first-order chi connectivity index (χ1) is 11.9. The maximum absolute atomic E-state index is 11.9. The topological polar surface area (TPSA) is 117 Å². The zero-order chi connectivity index (χ0) is 18.0. The van der Waals surface area contributed by atoms with Crippen molar-refractivity contribution in [3.8, 4) is 11.4 Å². The Labute approximate surface area is 142 Å². The lowest BCUT2D eigenvalue weighted by Crippen LogP contribution is -2.42. The second kappa shape index (κ2) is 6.23. The van der Waals surface area contributed by atoms with Crippen LogP contribution in [-0.4, -0.2) is 45.0 Å². The van der Waals surface area contributed by atoms with Crippen molar-refractivity contribution in [2.75, 3.05) is 12.4 Å². The van der Waals surface area contributed by atoms with Gasteiger partial charge in [-0.3, -0.25) is 0 Å². The van der Waals surface area contributed by atoms with Crippen LogP contribution in [0.25, 0.3) is 5.69 Å². The lowest BCUT2D eigenvalue weighted by Gasteiger charge is -2.29. The van der Waals surface area contributed by atoms with E-state index in [1.807, 2.05) is 0 Å². The number of benzene rings is 1. The molecule has 0 aliphatic carbocycles. The third-order valence-corrected chi connectivity index (χ3v) is 3.29. The number of hydrogen-bond acceptors (Lipinski definition) is 9. The van der Waals surface area contributed by atoms with Crippen LogP contribution in [-0.2, 0) is 19.1 Å². The molecule has 0 radical (unpaired) electrons. The van der Waals surface area contributed by atoms with Gasteiger partial charge in [0.15, 0.2) is 5.57 Å². The number of methoxy groups -OCH3 is 1. The molecular formula is C15H15N5O5. The van der Waals surface area contributed by atoms with Gasteiger partial charge in [-0.05, 0) is 22.6 Å². The Morgan fingerprint density at radius 2 is 1.96 bits per heavy atom. The predicted octanol–water partition coefficient (Wildman–Crippen LogP) is 0.803. The molecule has 0 atom stereocenters. The Kier molecular flexibility index (Phi) is 4.09. The molecule has 25 heavy (non-hydrogen) atoms. The van der Waals surface area contributed by atoms with E-state index in [1.165, 1.54) is 38.2 Å². The van der Waals surface area contributed by atoms with Crippen LogP contribution in [0, 0.1) is 0 Å². The summed E-state index contributed by atoms with van der Waals surface area (Å²) in [7, 11) is 1.49. The number of nitrogens with one attached hydrogen (secondary N) is 1. The summed E-state index contributed by atoms with van der Waals surface area (Å²) in [6, 6.07) is 5.12. The van der Waals surface area contributed by atoms with Gasteiger partial charge in [0.25, 0.3) is 5.79 Å². The molecule has 0 saturated carbocycles. The van der Waals surface area contributed by atoms with Crippen LogP contribution in [0.5, 0.6) is 5.75 Å². The maximum atomic E-state index is 11.9. The highest BCUT2D eigenvalue weighted by atomic mass is 16.7. The second-order valence-electron chi connectivity index (χ2n) is 5.52. The number of anilines is 1. The van der Waals surface area contributed by atoms with E-state index in [2.05, 4.69) is 20.8 Å². The highest BCUT2D eigenvalue weighted by molar-refractivity contribution is 6.15. The summed E-state index contributed by atoms with van der Waals surface area (Å²) in [5.41, 5.74) is 0.960. The van der Waals surface area contributed by atoms with Crippen LogP contribution in [0.15, 0.2) is 36.3 Å². The molecule has 1 aliphatic heterocycles. The Morgan fingerprint density at radius 1 is 1.24 bits per heavy atom. The standard InChI is InChI=1S/C15H15N5O5/c1-15(2)24-13(21)10(14(22)25-15)7-16-11-5-4-9(6-12(11)23-3)20-8-17-18-19-20/h4-8,16H,1-3H3. The Morgan fingerprint density at radius 3 is 2.56 bits per heavy atom. The van der Waals surface area contributed by atoms with E-state index in [4.69, 9.17) is 14.2 Å². The van der Waals surface area contributed by atoms with Crippen LogP contribution in [0.3, 0.4) is 0 Å². The summed E-state index contributed by atoms with van der Waals surface area (Å²) >= 11 is 0. The molecule has 1 aromatic carbocycles. The summed E-state index contributed by atoms with van der Waals surface area (Å²) in [5, 5.41) is 13.8. The van der Waals surface area contributed by atoms with Crippen molar-refractivity contribution in [3.05, 3.63) is 36.3 Å². The first kappa shape index (κ1) is 16.4. The number of hydrogen-bond donors (Lipinski definition) is 1. The van der Waals surface area contributed by atoms with Crippen LogP contribution in [0.2, 0.25) is 0 Å². The number of tetrazole rings is 1. The Hall–Kier alpha value is -3.43. The number of carbonyl (C=O) groups excluding carboxylic acids is 2. The van der Waals surface area contributed by atoms with E-state index in [-0.39, 0.29) is 5.57 Å². The number of nitrogens with zero attached hydrogens (tertiary/aromatic N) is 4. The van der Waals surface area contributed by atoms with E-state index < -0.39 is 17.7 Å². The number of ether oxygens (including phenoxy) is 3. The maximum Gasteiger partial charge on any atom is 0.350 e. The normalized spacial score (nSPS) is 16.0. The van der Waals surface area contributed by atoms with Gasteiger partial charge < -0.3 is 19.5 Å². The molecule has 0 bridgehead atoms. The van der Waals surface area contributed by atoms with Gasteiger partial charge in [0.05, 0.1) is 18.5 Å². The van der Waals surface area contributed by atoms with Crippen LogP contribution >= 0.6 is 0 Å². The summed E-state index contributed by atoms with van der Waals surface area (Å²) in [5.74, 6) is -2.35. The molecule has 1 saturated heterocycles. The van der Waals surface area contributed by atoms with Crippen molar-refractivity contribution in [1.29, 1.82) is 0 Å². The number of cyclic esters (lactones) is 2. The molecule has 1 fully saturated rings. The third-order valence-electron chi connectivity index (χ3n) is 3.29. The highest BCUT2D eigenvalue weighted by Gasteiger charge is 2.38. The minimum atomic E-state index is -1.28. The lowest BCUT2D eigenvalue weighted by atomic mass is 10.2. The summed E-state index contributed by atoms with van der Waals surface area (Å²) in [4.78, 5) is 23.8. The molecule has 3 rings (SSSR count). The van der Waals surface area contributed by atoms with Gasteiger partial charge in [0.2, 0.25) is 0 Å². The first-order valence-corrected chi connectivity index (χ1v) is 7.24. The molecule has 130 valence electrons. The molecule has 0 spiro atoms. The number of aromatic nitrogens is 4. The van der Waals surface area contributed by atoms with E-state index in [1.54, 1.807) is 18.2 Å². The van der Waals surface area contributed by atoms with Gasteiger partial charge in [0.1, 0.15) is 12.1 Å². The smallest absolute Gasteiger partial charge is 0.350 e. The van der Waals surface area contributed by atoms with Gasteiger partial charge >= 0.3 is 11.9 Å². The largest absolute Gasteiger partial charge is 0.494 e. The molecule has 1 aromatic heterocycles. The van der Waals surface area contributed by atoms with E-state index in [0.29, 0.717) is 17.1 Å². The van der Waals surface area contributed by atoms with Crippen molar-refractivity contribution in [2.24, 2.45) is 0 Å². The van der Waals surface area contributed by atoms with Crippen LogP contribution < -0.4 is 10.1 Å². The van der Waals surface area contributed by atoms with Crippen LogP contribution in [0.4, 0.5) is 5.69 Å². The molecular weight excluding hydrogens is 330 g/mol. The zero-order valence-corrected chi connectivity index (χ0v) is 13.7. The van der Waals surface area contributed by atoms with Crippen molar-refractivity contribution < 1.29 is 23.8 Å². The van der Waals surface area contributed by atoms with E-state index in [9.17, 15) is 9.59 Å². The average Bonchev–Trinajstić information content (AvgIpc) is 3.07. The van der Waals surface area contributed by atoms with E-state index in [0.717, 1.165) is 0 Å². The molecule has 2 aromatic rings. The minimum absolute atomic E-state index is 0.245. The third kappa shape index (κ3) is 3.42. The fraction of sp³-hybridized carbons (Fsp3) is 0.267. The molecule has 10 heteroatoms. The molecule has 0 unspecified atom stereocenters. The zero-order valence-electron chi connectivity index (χ0n) is 13.7. The lowest BCUT2D eigenvalue weighted by molar-refractivity contribution is -0.222. The molecule has 2 heterocycles. The predicted molar refractivity (Wildman–Crippen MR) is 83.7 cm³/mol. The van der Waals surface area contributed by atoms with Gasteiger partial charge in [-0.15, -0.1) is 5.10 Å². The minimum Gasteiger partial charge on any atom is -0.494 e.